The Labute approximate surface area is 198 Å². The van der Waals surface area contributed by atoms with Crippen molar-refractivity contribution in [2.24, 2.45) is 23.7 Å². The molecule has 3 fully saturated rings. The van der Waals surface area contributed by atoms with Gasteiger partial charge in [-0.15, -0.1) is 0 Å². The quantitative estimate of drug-likeness (QED) is 0.653. The number of allylic oxidation sites excluding steroid dienone is 3. The largest absolute Gasteiger partial charge is 0.395 e. The summed E-state index contributed by atoms with van der Waals surface area (Å²) < 4.78 is 39.3. The van der Waals surface area contributed by atoms with Gasteiger partial charge in [0.2, 0.25) is 5.91 Å². The summed E-state index contributed by atoms with van der Waals surface area (Å²) >= 11 is 0. The maximum Gasteiger partial charge on any atom is 0.395 e. The third-order valence-electron chi connectivity index (χ3n) is 7.76. The van der Waals surface area contributed by atoms with E-state index in [-0.39, 0.29) is 42.2 Å². The van der Waals surface area contributed by atoms with Gasteiger partial charge in [-0.3, -0.25) is 4.79 Å². The number of halogens is 3. The molecule has 3 amide bonds. The molecule has 2 aliphatic carbocycles. The molecule has 0 spiro atoms. The molecule has 4 aliphatic rings. The van der Waals surface area contributed by atoms with E-state index in [1.165, 1.54) is 6.08 Å². The Bertz CT molecular complexity index is 864. The van der Waals surface area contributed by atoms with Gasteiger partial charge in [0, 0.05) is 50.0 Å². The summed E-state index contributed by atoms with van der Waals surface area (Å²) in [5.41, 5.74) is 0.807. The molecular weight excluding hydrogens is 445 g/mol. The molecule has 0 radical (unpaired) electrons. The summed E-state index contributed by atoms with van der Waals surface area (Å²) in [7, 11) is 0. The van der Waals surface area contributed by atoms with Crippen molar-refractivity contribution >= 4 is 11.9 Å². The lowest BCUT2D eigenvalue weighted by Gasteiger charge is -2.42. The first-order chi connectivity index (χ1) is 16.2. The number of nitrogens with zero attached hydrogens (tertiary/aromatic N) is 3. The Kier molecular flexibility index (Phi) is 7.54. The van der Waals surface area contributed by atoms with E-state index in [2.05, 4.69) is 11.4 Å². The van der Waals surface area contributed by atoms with Gasteiger partial charge in [-0.05, 0) is 44.1 Å². The van der Waals surface area contributed by atoms with Crippen molar-refractivity contribution < 1.29 is 22.8 Å². The van der Waals surface area contributed by atoms with E-state index in [4.69, 9.17) is 5.26 Å². The summed E-state index contributed by atoms with van der Waals surface area (Å²) in [6.07, 6.45) is 5.80. The standard InChI is InChI=1S/C25H33F3N4O2/c26-25(27,28)21-7-5-18(6-8-21)20-13-22(30-23(33)19-3-1-2-4-19)16-32(15-20)24(34)31-11-9-17(14-29)10-12-31/h5-7,17,19-22H,1-4,8-13,15-16H2,(H,30,33). The van der Waals surface area contributed by atoms with Gasteiger partial charge in [0.15, 0.2) is 0 Å². The molecule has 9 heteroatoms. The molecule has 186 valence electrons. The third-order valence-corrected chi connectivity index (χ3v) is 7.76. The molecule has 1 N–H and O–H groups in total. The van der Waals surface area contributed by atoms with Crippen molar-refractivity contribution in [1.82, 2.24) is 15.1 Å². The first-order valence-electron chi connectivity index (χ1n) is 12.4. The van der Waals surface area contributed by atoms with Gasteiger partial charge in [0.25, 0.3) is 0 Å². The highest BCUT2D eigenvalue weighted by molar-refractivity contribution is 5.79. The molecule has 2 saturated heterocycles. The zero-order chi connectivity index (χ0) is 24.3. The second-order valence-corrected chi connectivity index (χ2v) is 10.1. The number of nitriles is 1. The van der Waals surface area contributed by atoms with Crippen LogP contribution in [0.3, 0.4) is 0 Å². The minimum atomic E-state index is -4.26. The van der Waals surface area contributed by atoms with Gasteiger partial charge in [-0.25, -0.2) is 4.79 Å². The van der Waals surface area contributed by atoms with Crippen LogP contribution in [0.5, 0.6) is 0 Å². The van der Waals surface area contributed by atoms with Gasteiger partial charge >= 0.3 is 12.2 Å². The number of likely N-dealkylation sites (tertiary alicyclic amines) is 2. The molecule has 0 aromatic carbocycles. The van der Waals surface area contributed by atoms with Gasteiger partial charge in [-0.2, -0.15) is 18.4 Å². The summed E-state index contributed by atoms with van der Waals surface area (Å²) in [5.74, 6) is -1.60. The first kappa shape index (κ1) is 24.6. The average Bonchev–Trinajstić information content (AvgIpc) is 3.38. The minimum absolute atomic E-state index is 0.0101. The van der Waals surface area contributed by atoms with Crippen LogP contribution in [-0.2, 0) is 4.79 Å². The predicted molar refractivity (Wildman–Crippen MR) is 120 cm³/mol. The number of urea groups is 1. The molecule has 2 heterocycles. The molecule has 4 rings (SSSR count). The van der Waals surface area contributed by atoms with E-state index >= 15 is 0 Å². The highest BCUT2D eigenvalue weighted by Crippen LogP contribution is 2.36. The highest BCUT2D eigenvalue weighted by atomic mass is 19.4. The van der Waals surface area contributed by atoms with Crippen molar-refractivity contribution in [2.45, 2.75) is 63.6 Å². The molecule has 3 unspecified atom stereocenters. The monoisotopic (exact) mass is 478 g/mol. The lowest BCUT2D eigenvalue weighted by Crippen LogP contribution is -2.57. The van der Waals surface area contributed by atoms with E-state index in [0.29, 0.717) is 45.4 Å². The Morgan fingerprint density at radius 3 is 2.35 bits per heavy atom. The summed E-state index contributed by atoms with van der Waals surface area (Å²) in [4.78, 5) is 29.6. The van der Waals surface area contributed by atoms with Gasteiger partial charge < -0.3 is 15.1 Å². The number of nitrogens with one attached hydrogen (secondary N) is 1. The number of hydrogen-bond donors (Lipinski definition) is 1. The number of carbonyl (C=O) groups is 2. The SMILES string of the molecule is N#CC1CCN(C(=O)N2CC(NC(=O)C3CCCC3)CC(C3=CCC(C(F)(F)F)C=C3)C2)CC1. The number of carbonyl (C=O) groups excluding carboxylic acids is 2. The van der Waals surface area contributed by atoms with E-state index in [9.17, 15) is 22.8 Å². The highest BCUT2D eigenvalue weighted by Gasteiger charge is 2.40. The number of hydrogen-bond acceptors (Lipinski definition) is 3. The molecule has 0 aromatic rings. The molecule has 1 saturated carbocycles. The average molecular weight is 479 g/mol. The van der Waals surface area contributed by atoms with Crippen LogP contribution in [0.1, 0.15) is 51.4 Å². The normalized spacial score (nSPS) is 29.0. The number of rotatable bonds is 3. The summed E-state index contributed by atoms with van der Waals surface area (Å²) in [5, 5.41) is 12.3. The number of amides is 3. The van der Waals surface area contributed by atoms with Crippen LogP contribution in [0.25, 0.3) is 0 Å². The van der Waals surface area contributed by atoms with Gasteiger partial charge in [0.05, 0.1) is 12.0 Å². The van der Waals surface area contributed by atoms with Gasteiger partial charge in [-0.1, -0.05) is 31.1 Å². The van der Waals surface area contributed by atoms with Crippen LogP contribution in [0.15, 0.2) is 23.8 Å². The fraction of sp³-hybridized carbons (Fsp3) is 0.720. The Hall–Kier alpha value is -2.50. The molecule has 0 aromatic heterocycles. The maximum absolute atomic E-state index is 13.3. The van der Waals surface area contributed by atoms with Gasteiger partial charge in [0.1, 0.15) is 0 Å². The van der Waals surface area contributed by atoms with Crippen molar-refractivity contribution in [2.75, 3.05) is 26.2 Å². The van der Waals surface area contributed by atoms with Crippen molar-refractivity contribution in [3.63, 3.8) is 0 Å². The molecular formula is C25H33F3N4O2. The summed E-state index contributed by atoms with van der Waals surface area (Å²) in [6, 6.07) is 1.92. The Morgan fingerprint density at radius 1 is 1.06 bits per heavy atom. The number of piperidine rings is 2. The minimum Gasteiger partial charge on any atom is -0.351 e. The maximum atomic E-state index is 13.3. The lowest BCUT2D eigenvalue weighted by molar-refractivity contribution is -0.160. The molecule has 34 heavy (non-hydrogen) atoms. The van der Waals surface area contributed by atoms with Crippen LogP contribution in [0.4, 0.5) is 18.0 Å². The molecule has 2 aliphatic heterocycles. The summed E-state index contributed by atoms with van der Waals surface area (Å²) in [6.45, 7) is 1.86. The zero-order valence-corrected chi connectivity index (χ0v) is 19.4. The third kappa shape index (κ3) is 5.76. The molecule has 6 nitrogen and oxygen atoms in total. The van der Waals surface area contributed by atoms with Crippen molar-refractivity contribution in [1.29, 1.82) is 5.26 Å². The van der Waals surface area contributed by atoms with E-state index in [1.807, 2.05) is 0 Å². The second kappa shape index (κ2) is 10.4. The van der Waals surface area contributed by atoms with E-state index in [0.717, 1.165) is 31.3 Å². The lowest BCUT2D eigenvalue weighted by atomic mass is 9.83. The van der Waals surface area contributed by atoms with Crippen LogP contribution in [-0.4, -0.2) is 60.1 Å². The fourth-order valence-corrected chi connectivity index (χ4v) is 5.69. The second-order valence-electron chi connectivity index (χ2n) is 10.1. The van der Waals surface area contributed by atoms with Crippen molar-refractivity contribution in [3.8, 4) is 6.07 Å². The molecule has 0 bridgehead atoms. The van der Waals surface area contributed by atoms with Crippen LogP contribution in [0.2, 0.25) is 0 Å². The van der Waals surface area contributed by atoms with E-state index < -0.39 is 12.1 Å². The Balaban J connectivity index is 1.46. The topological polar surface area (TPSA) is 76.4 Å². The van der Waals surface area contributed by atoms with Crippen LogP contribution in [0, 0.1) is 35.0 Å². The predicted octanol–water partition coefficient (Wildman–Crippen LogP) is 4.40. The van der Waals surface area contributed by atoms with E-state index in [1.54, 1.807) is 22.0 Å². The molecule has 3 atom stereocenters. The van der Waals surface area contributed by atoms with Crippen LogP contribution < -0.4 is 5.32 Å². The van der Waals surface area contributed by atoms with Crippen LogP contribution >= 0.6 is 0 Å². The fourth-order valence-electron chi connectivity index (χ4n) is 5.69. The van der Waals surface area contributed by atoms with Crippen molar-refractivity contribution in [3.05, 3.63) is 23.8 Å². The first-order valence-corrected chi connectivity index (χ1v) is 12.4. The number of alkyl halides is 3. The Morgan fingerprint density at radius 2 is 1.76 bits per heavy atom. The smallest absolute Gasteiger partial charge is 0.351 e. The zero-order valence-electron chi connectivity index (χ0n) is 19.4.